The molecule has 2 aromatic carbocycles. The van der Waals surface area contributed by atoms with Gasteiger partial charge in [0.1, 0.15) is 5.82 Å². The van der Waals surface area contributed by atoms with Gasteiger partial charge in [-0.3, -0.25) is 4.79 Å². The Kier molecular flexibility index (Phi) is 4.75. The first-order chi connectivity index (χ1) is 13.5. The number of benzene rings is 2. The largest absolute Gasteiger partial charge is 0.309 e. The SMILES string of the molecule is Cc1cc(F)c2c(c1)CCCN2C(=O)Cc1c(C)nn(-c2ccccc2)c1C. The molecular formula is C23H24FN3O. The minimum Gasteiger partial charge on any atom is -0.309 e. The number of aryl methyl sites for hydroxylation is 3. The topological polar surface area (TPSA) is 38.1 Å². The molecule has 0 saturated carbocycles. The summed E-state index contributed by atoms with van der Waals surface area (Å²) >= 11 is 0. The van der Waals surface area contributed by atoms with Crippen molar-refractivity contribution in [2.45, 2.75) is 40.0 Å². The monoisotopic (exact) mass is 377 g/mol. The maximum Gasteiger partial charge on any atom is 0.231 e. The van der Waals surface area contributed by atoms with Crippen LogP contribution in [0.2, 0.25) is 0 Å². The van der Waals surface area contributed by atoms with Gasteiger partial charge in [0.25, 0.3) is 0 Å². The smallest absolute Gasteiger partial charge is 0.231 e. The first-order valence-corrected chi connectivity index (χ1v) is 9.65. The van der Waals surface area contributed by atoms with Gasteiger partial charge in [-0.25, -0.2) is 9.07 Å². The van der Waals surface area contributed by atoms with Crippen LogP contribution in [0.25, 0.3) is 5.69 Å². The summed E-state index contributed by atoms with van der Waals surface area (Å²) in [6.45, 7) is 6.33. The molecule has 1 aliphatic heterocycles. The van der Waals surface area contributed by atoms with Gasteiger partial charge in [-0.05, 0) is 62.9 Å². The molecule has 0 aliphatic carbocycles. The van der Waals surface area contributed by atoms with Crippen molar-refractivity contribution in [1.82, 2.24) is 9.78 Å². The number of fused-ring (bicyclic) bond motifs is 1. The van der Waals surface area contributed by atoms with E-state index >= 15 is 0 Å². The Morgan fingerprint density at radius 1 is 1.14 bits per heavy atom. The van der Waals surface area contributed by atoms with E-state index in [-0.39, 0.29) is 18.1 Å². The van der Waals surface area contributed by atoms with E-state index in [1.165, 1.54) is 6.07 Å². The normalized spacial score (nSPS) is 13.5. The lowest BCUT2D eigenvalue weighted by molar-refractivity contribution is -0.118. The van der Waals surface area contributed by atoms with Gasteiger partial charge in [-0.15, -0.1) is 0 Å². The van der Waals surface area contributed by atoms with Crippen LogP contribution < -0.4 is 4.90 Å². The molecule has 0 radical (unpaired) electrons. The van der Waals surface area contributed by atoms with Crippen LogP contribution in [0.3, 0.4) is 0 Å². The molecule has 0 atom stereocenters. The number of aromatic nitrogens is 2. The van der Waals surface area contributed by atoms with E-state index in [0.29, 0.717) is 12.2 Å². The van der Waals surface area contributed by atoms with Crippen molar-refractivity contribution in [3.05, 3.63) is 76.4 Å². The van der Waals surface area contributed by atoms with E-state index in [9.17, 15) is 9.18 Å². The van der Waals surface area contributed by atoms with Gasteiger partial charge in [0.15, 0.2) is 0 Å². The van der Waals surface area contributed by atoms with Crippen LogP contribution >= 0.6 is 0 Å². The van der Waals surface area contributed by atoms with Crippen molar-refractivity contribution >= 4 is 11.6 Å². The Labute approximate surface area is 164 Å². The average molecular weight is 377 g/mol. The van der Waals surface area contributed by atoms with Gasteiger partial charge in [0.05, 0.1) is 23.5 Å². The second-order valence-corrected chi connectivity index (χ2v) is 7.48. The Morgan fingerprint density at radius 3 is 2.64 bits per heavy atom. The lowest BCUT2D eigenvalue weighted by atomic mass is 9.98. The van der Waals surface area contributed by atoms with Crippen molar-refractivity contribution in [3.63, 3.8) is 0 Å². The molecule has 0 fully saturated rings. The molecular weight excluding hydrogens is 353 g/mol. The summed E-state index contributed by atoms with van der Waals surface area (Å²) in [5, 5.41) is 4.62. The zero-order chi connectivity index (χ0) is 19.8. The van der Waals surface area contributed by atoms with E-state index in [0.717, 1.165) is 46.6 Å². The molecule has 1 amide bonds. The number of carbonyl (C=O) groups excluding carboxylic acids is 1. The van der Waals surface area contributed by atoms with Crippen LogP contribution in [0.4, 0.5) is 10.1 Å². The standard InChI is InChI=1S/C23H24FN3O/c1-15-12-18-8-7-11-26(23(18)21(24)13-15)22(28)14-20-16(2)25-27(17(20)3)19-9-5-4-6-10-19/h4-6,9-10,12-13H,7-8,11,14H2,1-3H3. The zero-order valence-electron chi connectivity index (χ0n) is 16.5. The minimum absolute atomic E-state index is 0.0810. The molecule has 0 N–H and O–H groups in total. The molecule has 4 rings (SSSR count). The lowest BCUT2D eigenvalue weighted by Crippen LogP contribution is -2.37. The molecule has 0 unspecified atom stereocenters. The highest BCUT2D eigenvalue weighted by Crippen LogP contribution is 2.32. The van der Waals surface area contributed by atoms with Gasteiger partial charge in [0, 0.05) is 17.8 Å². The predicted molar refractivity (Wildman–Crippen MR) is 109 cm³/mol. The Morgan fingerprint density at radius 2 is 1.89 bits per heavy atom. The van der Waals surface area contributed by atoms with Crippen LogP contribution in [0.5, 0.6) is 0 Å². The average Bonchev–Trinajstić information content (AvgIpc) is 2.96. The summed E-state index contributed by atoms with van der Waals surface area (Å²) in [5.74, 6) is -0.390. The highest BCUT2D eigenvalue weighted by molar-refractivity contribution is 5.96. The third-order valence-corrected chi connectivity index (χ3v) is 5.46. The molecule has 0 bridgehead atoms. The molecule has 28 heavy (non-hydrogen) atoms. The van der Waals surface area contributed by atoms with Crippen LogP contribution in [0.1, 0.15) is 34.5 Å². The van der Waals surface area contributed by atoms with Crippen LogP contribution in [-0.2, 0) is 17.6 Å². The summed E-state index contributed by atoms with van der Waals surface area (Å²) in [6.07, 6.45) is 1.88. The molecule has 1 aromatic heterocycles. The van der Waals surface area contributed by atoms with Gasteiger partial charge in [-0.1, -0.05) is 24.3 Å². The van der Waals surface area contributed by atoms with Crippen molar-refractivity contribution in [2.75, 3.05) is 11.4 Å². The Hall–Kier alpha value is -2.95. The highest BCUT2D eigenvalue weighted by atomic mass is 19.1. The highest BCUT2D eigenvalue weighted by Gasteiger charge is 2.27. The van der Waals surface area contributed by atoms with Gasteiger partial charge in [-0.2, -0.15) is 5.10 Å². The number of nitrogens with zero attached hydrogens (tertiary/aromatic N) is 3. The van der Waals surface area contributed by atoms with Gasteiger partial charge < -0.3 is 4.90 Å². The zero-order valence-corrected chi connectivity index (χ0v) is 16.5. The Bertz CT molecular complexity index is 1040. The van der Waals surface area contributed by atoms with E-state index in [4.69, 9.17) is 0 Å². The molecule has 0 saturated heterocycles. The minimum atomic E-state index is -0.309. The fourth-order valence-corrected chi connectivity index (χ4v) is 4.09. The molecule has 3 aromatic rings. The van der Waals surface area contributed by atoms with E-state index in [1.54, 1.807) is 4.90 Å². The molecule has 5 heteroatoms. The lowest BCUT2D eigenvalue weighted by Gasteiger charge is -2.30. The molecule has 4 nitrogen and oxygen atoms in total. The summed E-state index contributed by atoms with van der Waals surface area (Å²) in [5.41, 5.74) is 5.91. The maximum absolute atomic E-state index is 14.7. The maximum atomic E-state index is 14.7. The van der Waals surface area contributed by atoms with E-state index < -0.39 is 0 Å². The number of para-hydroxylation sites is 1. The second-order valence-electron chi connectivity index (χ2n) is 7.48. The summed E-state index contributed by atoms with van der Waals surface area (Å²) in [4.78, 5) is 14.8. The van der Waals surface area contributed by atoms with Crippen LogP contribution in [0.15, 0.2) is 42.5 Å². The van der Waals surface area contributed by atoms with Crippen molar-refractivity contribution in [3.8, 4) is 5.69 Å². The summed E-state index contributed by atoms with van der Waals surface area (Å²) in [6, 6.07) is 13.4. The summed E-state index contributed by atoms with van der Waals surface area (Å²) < 4.78 is 16.5. The van der Waals surface area contributed by atoms with Crippen LogP contribution in [-0.4, -0.2) is 22.2 Å². The van der Waals surface area contributed by atoms with Crippen molar-refractivity contribution in [1.29, 1.82) is 0 Å². The molecule has 1 aliphatic rings. The van der Waals surface area contributed by atoms with E-state index in [2.05, 4.69) is 5.10 Å². The Balaban J connectivity index is 1.65. The fraction of sp³-hybridized carbons (Fsp3) is 0.304. The number of halogens is 1. The van der Waals surface area contributed by atoms with Gasteiger partial charge >= 0.3 is 0 Å². The number of amides is 1. The second kappa shape index (κ2) is 7.23. The van der Waals surface area contributed by atoms with Crippen molar-refractivity contribution in [2.24, 2.45) is 0 Å². The van der Waals surface area contributed by atoms with Crippen LogP contribution in [0, 0.1) is 26.6 Å². The van der Waals surface area contributed by atoms with E-state index in [1.807, 2.05) is 61.9 Å². The molecule has 2 heterocycles. The first-order valence-electron chi connectivity index (χ1n) is 9.65. The summed E-state index contributed by atoms with van der Waals surface area (Å²) in [7, 11) is 0. The third kappa shape index (κ3) is 3.21. The number of carbonyl (C=O) groups is 1. The fourth-order valence-electron chi connectivity index (χ4n) is 4.09. The first kappa shape index (κ1) is 18.4. The number of hydrogen-bond acceptors (Lipinski definition) is 2. The molecule has 144 valence electrons. The third-order valence-electron chi connectivity index (χ3n) is 5.46. The quantitative estimate of drug-likeness (QED) is 0.676. The number of hydrogen-bond donors (Lipinski definition) is 0. The molecule has 0 spiro atoms. The number of rotatable bonds is 3. The number of anilines is 1. The van der Waals surface area contributed by atoms with Crippen molar-refractivity contribution < 1.29 is 9.18 Å². The van der Waals surface area contributed by atoms with Gasteiger partial charge in [0.2, 0.25) is 5.91 Å². The predicted octanol–water partition coefficient (Wildman–Crippen LogP) is 4.46.